The number of rotatable bonds is 24. The number of carboxylic acids is 1. The molecule has 0 spiro atoms. The maximum absolute atomic E-state index is 12.2. The van der Waals surface area contributed by atoms with Crippen LogP contribution in [0.15, 0.2) is 0 Å². The number of benzene rings is 1. The number of hydrogen-bond acceptors (Lipinski definition) is 5. The highest BCUT2D eigenvalue weighted by atomic mass is 16.5. The fourth-order valence-corrected chi connectivity index (χ4v) is 4.49. The van der Waals surface area contributed by atoms with Gasteiger partial charge in [-0.3, -0.25) is 0 Å². The Hall–Kier alpha value is -2.11. The Labute approximate surface area is 226 Å². The van der Waals surface area contributed by atoms with Crippen molar-refractivity contribution in [1.82, 2.24) is 0 Å². The second-order valence-corrected chi connectivity index (χ2v) is 10.0. The SMILES string of the molecule is CCCCCCCCCOc1c(O)c(C(=O)O)c(OCCC)c(OCCC)c1CCCCCCCCC. The minimum absolute atomic E-state index is 0.126. The Kier molecular flexibility index (Phi) is 18.6. The molecule has 0 radical (unpaired) electrons. The zero-order valence-electron chi connectivity index (χ0n) is 24.2. The predicted octanol–water partition coefficient (Wildman–Crippen LogP) is 9.09. The molecule has 0 saturated carbocycles. The molecular weight excluding hydrogens is 468 g/mol. The first-order valence-electron chi connectivity index (χ1n) is 15.1. The molecule has 0 aliphatic carbocycles. The standard InChI is InChI=1S/C31H54O6/c1-5-9-11-13-15-17-19-21-25-28(37-24-20-18-16-14-12-10-6-2)27(32)26(31(33)34)30(36-23-8-4)29(25)35-22-7-3/h32H,5-24H2,1-4H3,(H,33,34). The molecule has 0 aliphatic heterocycles. The fourth-order valence-electron chi connectivity index (χ4n) is 4.49. The summed E-state index contributed by atoms with van der Waals surface area (Å²) < 4.78 is 18.1. The van der Waals surface area contributed by atoms with Gasteiger partial charge in [0.2, 0.25) is 0 Å². The summed E-state index contributed by atoms with van der Waals surface area (Å²) >= 11 is 0. The van der Waals surface area contributed by atoms with Crippen LogP contribution in [-0.4, -0.2) is 36.0 Å². The smallest absolute Gasteiger partial charge is 0.343 e. The van der Waals surface area contributed by atoms with Crippen LogP contribution >= 0.6 is 0 Å². The summed E-state index contributed by atoms with van der Waals surface area (Å²) in [6, 6.07) is 0. The molecule has 6 heteroatoms. The van der Waals surface area contributed by atoms with Crippen LogP contribution in [0.4, 0.5) is 0 Å². The summed E-state index contributed by atoms with van der Waals surface area (Å²) in [6.07, 6.45) is 18.4. The van der Waals surface area contributed by atoms with Gasteiger partial charge in [0, 0.05) is 5.56 Å². The van der Waals surface area contributed by atoms with Crippen LogP contribution in [-0.2, 0) is 6.42 Å². The van der Waals surface area contributed by atoms with Gasteiger partial charge in [0.25, 0.3) is 0 Å². The molecule has 1 aromatic carbocycles. The maximum atomic E-state index is 12.2. The quantitative estimate of drug-likeness (QED) is 0.132. The molecular formula is C31H54O6. The van der Waals surface area contributed by atoms with Crippen LogP contribution in [0.25, 0.3) is 0 Å². The predicted molar refractivity (Wildman–Crippen MR) is 152 cm³/mol. The second kappa shape index (κ2) is 20.9. The lowest BCUT2D eigenvalue weighted by molar-refractivity contribution is 0.0686. The number of ether oxygens (including phenoxy) is 3. The van der Waals surface area contributed by atoms with Gasteiger partial charge in [-0.15, -0.1) is 0 Å². The molecule has 0 unspecified atom stereocenters. The summed E-state index contributed by atoms with van der Waals surface area (Å²) in [5, 5.41) is 21.1. The third-order valence-corrected chi connectivity index (χ3v) is 6.57. The Morgan fingerprint density at radius 1 is 0.568 bits per heavy atom. The molecule has 2 N–H and O–H groups in total. The molecule has 0 amide bonds. The highest BCUT2D eigenvalue weighted by Crippen LogP contribution is 2.49. The van der Waals surface area contributed by atoms with Crippen LogP contribution in [0.3, 0.4) is 0 Å². The number of carboxylic acid groups (broad SMARTS) is 1. The van der Waals surface area contributed by atoms with Crippen molar-refractivity contribution in [3.8, 4) is 23.0 Å². The van der Waals surface area contributed by atoms with E-state index in [1.807, 2.05) is 13.8 Å². The van der Waals surface area contributed by atoms with Crippen LogP contribution in [0, 0.1) is 0 Å². The number of carbonyl (C=O) groups is 1. The van der Waals surface area contributed by atoms with Gasteiger partial charge in [-0.25, -0.2) is 4.79 Å². The minimum atomic E-state index is -1.24. The minimum Gasteiger partial charge on any atom is -0.504 e. The van der Waals surface area contributed by atoms with Crippen molar-refractivity contribution in [2.75, 3.05) is 19.8 Å². The lowest BCUT2D eigenvalue weighted by Crippen LogP contribution is -2.12. The van der Waals surface area contributed by atoms with Crippen molar-refractivity contribution in [2.45, 2.75) is 137 Å². The average Bonchev–Trinajstić information content (AvgIpc) is 2.88. The molecule has 0 fully saturated rings. The summed E-state index contributed by atoms with van der Waals surface area (Å²) in [7, 11) is 0. The fraction of sp³-hybridized carbons (Fsp3) is 0.774. The molecule has 1 rings (SSSR count). The Morgan fingerprint density at radius 3 is 1.54 bits per heavy atom. The highest BCUT2D eigenvalue weighted by Gasteiger charge is 2.31. The van der Waals surface area contributed by atoms with Crippen molar-refractivity contribution in [3.05, 3.63) is 11.1 Å². The zero-order valence-corrected chi connectivity index (χ0v) is 24.2. The van der Waals surface area contributed by atoms with Gasteiger partial charge >= 0.3 is 5.97 Å². The number of aromatic carboxylic acids is 1. The van der Waals surface area contributed by atoms with Crippen molar-refractivity contribution in [3.63, 3.8) is 0 Å². The monoisotopic (exact) mass is 522 g/mol. The molecule has 0 aliphatic rings. The molecule has 0 bridgehead atoms. The van der Waals surface area contributed by atoms with Crippen molar-refractivity contribution in [2.24, 2.45) is 0 Å². The van der Waals surface area contributed by atoms with E-state index in [-0.39, 0.29) is 22.8 Å². The molecule has 214 valence electrons. The van der Waals surface area contributed by atoms with Crippen LogP contribution < -0.4 is 14.2 Å². The first kappa shape index (κ1) is 32.9. The number of aromatic hydroxyl groups is 1. The third-order valence-electron chi connectivity index (χ3n) is 6.57. The summed E-state index contributed by atoms with van der Waals surface area (Å²) in [4.78, 5) is 12.2. The summed E-state index contributed by atoms with van der Waals surface area (Å²) in [6.45, 7) is 9.63. The molecule has 0 aromatic heterocycles. The van der Waals surface area contributed by atoms with E-state index in [9.17, 15) is 15.0 Å². The van der Waals surface area contributed by atoms with E-state index in [1.54, 1.807) is 0 Å². The number of phenols is 1. The molecule has 6 nitrogen and oxygen atoms in total. The summed E-state index contributed by atoms with van der Waals surface area (Å²) in [5.74, 6) is -0.784. The topological polar surface area (TPSA) is 85.2 Å². The number of hydrogen-bond donors (Lipinski definition) is 2. The lowest BCUT2D eigenvalue weighted by atomic mass is 9.99. The van der Waals surface area contributed by atoms with Crippen LogP contribution in [0.2, 0.25) is 0 Å². The van der Waals surface area contributed by atoms with Gasteiger partial charge in [0.1, 0.15) is 0 Å². The van der Waals surface area contributed by atoms with E-state index < -0.39 is 5.97 Å². The van der Waals surface area contributed by atoms with Crippen molar-refractivity contribution < 1.29 is 29.2 Å². The van der Waals surface area contributed by atoms with Gasteiger partial charge < -0.3 is 24.4 Å². The van der Waals surface area contributed by atoms with Gasteiger partial charge in [0.15, 0.2) is 28.6 Å². The number of unbranched alkanes of at least 4 members (excludes halogenated alkanes) is 12. The van der Waals surface area contributed by atoms with Gasteiger partial charge in [-0.1, -0.05) is 105 Å². The van der Waals surface area contributed by atoms with Crippen LogP contribution in [0.1, 0.15) is 146 Å². The van der Waals surface area contributed by atoms with Crippen molar-refractivity contribution >= 4 is 5.97 Å². The van der Waals surface area contributed by atoms with E-state index in [2.05, 4.69) is 13.8 Å². The van der Waals surface area contributed by atoms with E-state index >= 15 is 0 Å². The molecule has 37 heavy (non-hydrogen) atoms. The van der Waals surface area contributed by atoms with Gasteiger partial charge in [-0.2, -0.15) is 0 Å². The van der Waals surface area contributed by atoms with Gasteiger partial charge in [-0.05, 0) is 32.1 Å². The van der Waals surface area contributed by atoms with Crippen LogP contribution in [0.5, 0.6) is 23.0 Å². The Morgan fingerprint density at radius 2 is 1.03 bits per heavy atom. The van der Waals surface area contributed by atoms with E-state index in [1.165, 1.54) is 51.4 Å². The second-order valence-electron chi connectivity index (χ2n) is 10.0. The van der Waals surface area contributed by atoms with E-state index in [0.29, 0.717) is 32.0 Å². The average molecular weight is 523 g/mol. The molecule has 0 saturated heterocycles. The molecule has 0 heterocycles. The third kappa shape index (κ3) is 12.3. The molecule has 1 aromatic rings. The lowest BCUT2D eigenvalue weighted by Gasteiger charge is -2.23. The highest BCUT2D eigenvalue weighted by molar-refractivity contribution is 5.97. The summed E-state index contributed by atoms with van der Waals surface area (Å²) in [5.41, 5.74) is 0.469. The maximum Gasteiger partial charge on any atom is 0.343 e. The first-order chi connectivity index (χ1) is 18.0. The zero-order chi connectivity index (χ0) is 27.3. The van der Waals surface area contributed by atoms with E-state index in [4.69, 9.17) is 14.2 Å². The normalized spacial score (nSPS) is 11.0. The Bertz CT molecular complexity index is 746. The molecule has 0 atom stereocenters. The largest absolute Gasteiger partial charge is 0.504 e. The van der Waals surface area contributed by atoms with Gasteiger partial charge in [0.05, 0.1) is 19.8 Å². The van der Waals surface area contributed by atoms with Crippen molar-refractivity contribution in [1.29, 1.82) is 0 Å². The Balaban J connectivity index is 3.16. The van der Waals surface area contributed by atoms with E-state index in [0.717, 1.165) is 56.9 Å². The first-order valence-corrected chi connectivity index (χ1v) is 15.1.